The Morgan fingerprint density at radius 1 is 1.06 bits per heavy atom. The topological polar surface area (TPSA) is 131 Å². The molecule has 1 fully saturated rings. The lowest BCUT2D eigenvalue weighted by Crippen LogP contribution is -2.37. The number of non-ortho nitro benzene ring substituents is 1. The lowest BCUT2D eigenvalue weighted by molar-refractivity contribution is -0.384. The van der Waals surface area contributed by atoms with E-state index in [0.717, 1.165) is 12.1 Å². The van der Waals surface area contributed by atoms with Crippen LogP contribution in [0.4, 0.5) is 42.4 Å². The van der Waals surface area contributed by atoms with Crippen LogP contribution in [0.2, 0.25) is 0 Å². The van der Waals surface area contributed by atoms with E-state index >= 15 is 0 Å². The molecular formula is C21H19F3N8O3. The van der Waals surface area contributed by atoms with E-state index in [-0.39, 0.29) is 23.1 Å². The molecule has 2 aromatic carbocycles. The van der Waals surface area contributed by atoms with Gasteiger partial charge in [-0.25, -0.2) is 5.43 Å². The number of alkyl halides is 3. The Labute approximate surface area is 196 Å². The molecular weight excluding hydrogens is 469 g/mol. The number of nitrogens with zero attached hydrogens (tertiary/aromatic N) is 6. The fourth-order valence-electron chi connectivity index (χ4n) is 3.13. The van der Waals surface area contributed by atoms with Gasteiger partial charge in [0.1, 0.15) is 0 Å². The molecule has 182 valence electrons. The molecule has 1 saturated heterocycles. The molecule has 1 aromatic heterocycles. The summed E-state index contributed by atoms with van der Waals surface area (Å²) in [5.74, 6) is 0.533. The molecule has 1 aliphatic heterocycles. The van der Waals surface area contributed by atoms with E-state index in [1.807, 2.05) is 4.90 Å². The molecule has 0 aliphatic carbocycles. The van der Waals surface area contributed by atoms with Gasteiger partial charge in [0.15, 0.2) is 0 Å². The second-order valence-corrected chi connectivity index (χ2v) is 7.30. The number of benzene rings is 2. The highest BCUT2D eigenvalue weighted by atomic mass is 19.4. The highest BCUT2D eigenvalue weighted by molar-refractivity contribution is 5.80. The first-order chi connectivity index (χ1) is 16.8. The highest BCUT2D eigenvalue weighted by Gasteiger charge is 2.30. The fraction of sp³-hybridized carbons (Fsp3) is 0.238. The first-order valence-corrected chi connectivity index (χ1v) is 10.3. The molecule has 11 nitrogen and oxygen atoms in total. The predicted octanol–water partition coefficient (Wildman–Crippen LogP) is 3.82. The molecule has 0 unspecified atom stereocenters. The minimum Gasteiger partial charge on any atom is -0.378 e. The van der Waals surface area contributed by atoms with Gasteiger partial charge in [0.2, 0.25) is 17.8 Å². The lowest BCUT2D eigenvalue weighted by atomic mass is 10.1. The third kappa shape index (κ3) is 6.38. The molecule has 1 aliphatic rings. The summed E-state index contributed by atoms with van der Waals surface area (Å²) >= 11 is 0. The standard InChI is InChI=1S/C21H19F3N8O3/c22-21(23,24)15-3-1-2-14(12-15)13-25-30-19-27-18(26-16-4-6-17(7-5-16)32(33)34)28-20(29-19)31-8-10-35-11-9-31/h1-7,12-13H,8-11H2,(H2,26,27,28,29,30)/b25-13-. The van der Waals surface area contributed by atoms with Crippen LogP contribution in [0.5, 0.6) is 0 Å². The molecule has 2 N–H and O–H groups in total. The number of aromatic nitrogens is 3. The number of hydrazone groups is 1. The summed E-state index contributed by atoms with van der Waals surface area (Å²) in [6, 6.07) is 10.4. The number of anilines is 4. The molecule has 0 amide bonds. The van der Waals surface area contributed by atoms with E-state index in [1.54, 1.807) is 0 Å². The van der Waals surface area contributed by atoms with Crippen molar-refractivity contribution in [1.29, 1.82) is 0 Å². The maximum absolute atomic E-state index is 12.9. The Bertz CT molecular complexity index is 1220. The molecule has 2 heterocycles. The number of ether oxygens (including phenoxy) is 1. The van der Waals surface area contributed by atoms with Gasteiger partial charge in [-0.3, -0.25) is 10.1 Å². The van der Waals surface area contributed by atoms with Crippen LogP contribution < -0.4 is 15.6 Å². The zero-order valence-electron chi connectivity index (χ0n) is 18.1. The second-order valence-electron chi connectivity index (χ2n) is 7.30. The van der Waals surface area contributed by atoms with Crippen molar-refractivity contribution in [2.45, 2.75) is 6.18 Å². The Kier molecular flexibility index (Phi) is 7.01. The molecule has 3 aromatic rings. The van der Waals surface area contributed by atoms with Gasteiger partial charge < -0.3 is 15.0 Å². The van der Waals surface area contributed by atoms with Crippen LogP contribution in [-0.4, -0.2) is 52.4 Å². The van der Waals surface area contributed by atoms with Gasteiger partial charge in [-0.1, -0.05) is 12.1 Å². The first-order valence-electron chi connectivity index (χ1n) is 10.3. The van der Waals surface area contributed by atoms with Crippen LogP contribution in [-0.2, 0) is 10.9 Å². The number of nitro benzene ring substituents is 1. The van der Waals surface area contributed by atoms with E-state index in [2.05, 4.69) is 30.8 Å². The Hall–Kier alpha value is -4.33. The maximum Gasteiger partial charge on any atom is 0.416 e. The van der Waals surface area contributed by atoms with Gasteiger partial charge in [-0.2, -0.15) is 33.2 Å². The van der Waals surface area contributed by atoms with Crippen molar-refractivity contribution in [3.63, 3.8) is 0 Å². The summed E-state index contributed by atoms with van der Waals surface area (Å²) in [5, 5.41) is 17.8. The fourth-order valence-corrected chi connectivity index (χ4v) is 3.13. The monoisotopic (exact) mass is 488 g/mol. The number of morpholine rings is 1. The molecule has 35 heavy (non-hydrogen) atoms. The zero-order valence-corrected chi connectivity index (χ0v) is 18.1. The SMILES string of the molecule is O=[N+]([O-])c1ccc(Nc2nc(N/N=C\c3cccc(C(F)(F)F)c3)nc(N3CCOCC3)n2)cc1. The largest absolute Gasteiger partial charge is 0.416 e. The van der Waals surface area contributed by atoms with E-state index in [4.69, 9.17) is 4.74 Å². The van der Waals surface area contributed by atoms with Crippen LogP contribution in [0.3, 0.4) is 0 Å². The maximum atomic E-state index is 12.9. The Morgan fingerprint density at radius 3 is 2.46 bits per heavy atom. The first kappa shape index (κ1) is 23.8. The number of nitrogens with one attached hydrogen (secondary N) is 2. The van der Waals surface area contributed by atoms with Gasteiger partial charge in [-0.15, -0.1) is 0 Å². The summed E-state index contributed by atoms with van der Waals surface area (Å²) in [6.45, 7) is 2.09. The number of hydrogen-bond donors (Lipinski definition) is 2. The van der Waals surface area contributed by atoms with Gasteiger partial charge >= 0.3 is 6.18 Å². The van der Waals surface area contributed by atoms with E-state index < -0.39 is 16.7 Å². The van der Waals surface area contributed by atoms with Crippen LogP contribution >= 0.6 is 0 Å². The quantitative estimate of drug-likeness (QED) is 0.289. The number of hydrogen-bond acceptors (Lipinski definition) is 10. The van der Waals surface area contributed by atoms with E-state index in [1.165, 1.54) is 42.6 Å². The van der Waals surface area contributed by atoms with Gasteiger partial charge in [0.25, 0.3) is 5.69 Å². The lowest BCUT2D eigenvalue weighted by Gasteiger charge is -2.27. The zero-order chi connectivity index (χ0) is 24.8. The van der Waals surface area contributed by atoms with Crippen molar-refractivity contribution in [2.24, 2.45) is 5.10 Å². The normalized spacial score (nSPS) is 14.2. The van der Waals surface area contributed by atoms with Gasteiger partial charge in [0, 0.05) is 30.9 Å². The molecule has 0 atom stereocenters. The van der Waals surface area contributed by atoms with Crippen LogP contribution in [0.15, 0.2) is 53.6 Å². The van der Waals surface area contributed by atoms with Crippen molar-refractivity contribution in [2.75, 3.05) is 41.9 Å². The van der Waals surface area contributed by atoms with Crippen LogP contribution in [0.1, 0.15) is 11.1 Å². The van der Waals surface area contributed by atoms with Crippen molar-refractivity contribution in [3.8, 4) is 0 Å². The average Bonchev–Trinajstić information content (AvgIpc) is 2.84. The molecule has 0 spiro atoms. The van der Waals surface area contributed by atoms with Crippen molar-refractivity contribution < 1.29 is 22.8 Å². The summed E-state index contributed by atoms with van der Waals surface area (Å²) in [7, 11) is 0. The smallest absolute Gasteiger partial charge is 0.378 e. The molecule has 4 rings (SSSR count). The van der Waals surface area contributed by atoms with Crippen molar-refractivity contribution in [1.82, 2.24) is 15.0 Å². The minimum atomic E-state index is -4.46. The highest BCUT2D eigenvalue weighted by Crippen LogP contribution is 2.29. The van der Waals surface area contributed by atoms with Crippen LogP contribution in [0, 0.1) is 10.1 Å². The Balaban J connectivity index is 1.56. The Morgan fingerprint density at radius 2 is 1.77 bits per heavy atom. The summed E-state index contributed by atoms with van der Waals surface area (Å²) in [6.07, 6.45) is -3.24. The van der Waals surface area contributed by atoms with Gasteiger partial charge in [0.05, 0.1) is 29.9 Å². The summed E-state index contributed by atoms with van der Waals surface area (Å²) < 4.78 is 44.1. The van der Waals surface area contributed by atoms with Gasteiger partial charge in [-0.05, 0) is 29.8 Å². The van der Waals surface area contributed by atoms with E-state index in [0.29, 0.717) is 37.9 Å². The molecule has 14 heteroatoms. The van der Waals surface area contributed by atoms with Crippen molar-refractivity contribution >= 4 is 35.4 Å². The molecule has 0 saturated carbocycles. The second kappa shape index (κ2) is 10.3. The third-order valence-electron chi connectivity index (χ3n) is 4.84. The summed E-state index contributed by atoms with van der Waals surface area (Å²) in [5.41, 5.74) is 2.51. The molecule has 0 radical (unpaired) electrons. The van der Waals surface area contributed by atoms with E-state index in [9.17, 15) is 23.3 Å². The summed E-state index contributed by atoms with van der Waals surface area (Å²) in [4.78, 5) is 25.2. The number of nitro groups is 1. The molecule has 0 bridgehead atoms. The van der Waals surface area contributed by atoms with Crippen molar-refractivity contribution in [3.05, 3.63) is 69.8 Å². The number of halogens is 3. The minimum absolute atomic E-state index is 0.0501. The van der Waals surface area contributed by atoms with Crippen LogP contribution in [0.25, 0.3) is 0 Å². The predicted molar refractivity (Wildman–Crippen MR) is 122 cm³/mol. The number of rotatable bonds is 7. The average molecular weight is 488 g/mol. The third-order valence-corrected chi connectivity index (χ3v) is 4.84.